The highest BCUT2D eigenvalue weighted by Gasteiger charge is 2.18. The number of aliphatic carboxylic acids is 1. The summed E-state index contributed by atoms with van der Waals surface area (Å²) in [6, 6.07) is -1.01. The Kier molecular flexibility index (Phi) is 5.28. The number of carbonyl (C=O) groups is 3. The number of carboxylic acid groups (broad SMARTS) is 1. The number of ether oxygens (including phenoxy) is 1. The van der Waals surface area contributed by atoms with Crippen molar-refractivity contribution in [3.05, 3.63) is 0 Å². The standard InChI is InChI=1S/C8H13NO5/c1-5(10)9-7(8(12)13)3-4-14-6(2)11/h7H,3-4H2,1-2H3,(H,9,10)(H,12,13)/t7-/m0/s1. The van der Waals surface area contributed by atoms with Crippen LogP contribution in [0.3, 0.4) is 0 Å². The fourth-order valence-corrected chi connectivity index (χ4v) is 0.823. The maximum absolute atomic E-state index is 10.6. The molecular weight excluding hydrogens is 190 g/mol. The summed E-state index contributed by atoms with van der Waals surface area (Å²) in [7, 11) is 0. The highest BCUT2D eigenvalue weighted by Crippen LogP contribution is 1.94. The maximum Gasteiger partial charge on any atom is 0.326 e. The van der Waals surface area contributed by atoms with Gasteiger partial charge in [0.05, 0.1) is 6.61 Å². The number of carboxylic acids is 1. The van der Waals surface area contributed by atoms with Gasteiger partial charge >= 0.3 is 11.9 Å². The first-order valence-corrected chi connectivity index (χ1v) is 4.06. The van der Waals surface area contributed by atoms with Crippen molar-refractivity contribution in [3.8, 4) is 0 Å². The lowest BCUT2D eigenvalue weighted by atomic mass is 10.2. The molecule has 1 amide bonds. The summed E-state index contributed by atoms with van der Waals surface area (Å²) in [5, 5.41) is 10.9. The van der Waals surface area contributed by atoms with Crippen LogP contribution in [0.15, 0.2) is 0 Å². The highest BCUT2D eigenvalue weighted by molar-refractivity contribution is 5.82. The number of carbonyl (C=O) groups excluding carboxylic acids is 2. The average molecular weight is 203 g/mol. The molecule has 0 aromatic heterocycles. The molecule has 0 unspecified atom stereocenters. The first-order chi connectivity index (χ1) is 6.43. The summed E-state index contributed by atoms with van der Waals surface area (Å²) in [6.07, 6.45) is 0.0640. The summed E-state index contributed by atoms with van der Waals surface area (Å²) >= 11 is 0. The lowest BCUT2D eigenvalue weighted by Gasteiger charge is -2.12. The second kappa shape index (κ2) is 5.95. The minimum atomic E-state index is -1.15. The van der Waals surface area contributed by atoms with Gasteiger partial charge in [-0.25, -0.2) is 4.79 Å². The van der Waals surface area contributed by atoms with Crippen LogP contribution < -0.4 is 5.32 Å². The van der Waals surface area contributed by atoms with Crippen LogP contribution >= 0.6 is 0 Å². The minimum absolute atomic E-state index is 0.0212. The van der Waals surface area contributed by atoms with E-state index in [0.717, 1.165) is 0 Å². The van der Waals surface area contributed by atoms with Crippen molar-refractivity contribution in [2.75, 3.05) is 6.61 Å². The molecule has 0 aromatic carbocycles. The molecule has 0 radical (unpaired) electrons. The molecule has 0 saturated heterocycles. The first-order valence-electron chi connectivity index (χ1n) is 4.06. The highest BCUT2D eigenvalue weighted by atomic mass is 16.5. The van der Waals surface area contributed by atoms with Crippen molar-refractivity contribution >= 4 is 17.8 Å². The fraction of sp³-hybridized carbons (Fsp3) is 0.625. The zero-order valence-corrected chi connectivity index (χ0v) is 8.07. The Morgan fingerprint density at radius 3 is 2.29 bits per heavy atom. The van der Waals surface area contributed by atoms with Gasteiger partial charge in [0.1, 0.15) is 6.04 Å². The van der Waals surface area contributed by atoms with Crippen LogP contribution in [0.2, 0.25) is 0 Å². The molecule has 0 saturated carbocycles. The van der Waals surface area contributed by atoms with E-state index in [4.69, 9.17) is 5.11 Å². The predicted molar refractivity (Wildman–Crippen MR) is 46.5 cm³/mol. The molecule has 1 atom stereocenters. The molecule has 0 aromatic rings. The summed E-state index contributed by atoms with van der Waals surface area (Å²) in [4.78, 5) is 31.5. The van der Waals surface area contributed by atoms with Gasteiger partial charge < -0.3 is 15.2 Å². The van der Waals surface area contributed by atoms with Crippen LogP contribution in [-0.4, -0.2) is 35.6 Å². The van der Waals surface area contributed by atoms with Crippen molar-refractivity contribution in [1.29, 1.82) is 0 Å². The molecule has 0 aliphatic rings. The number of hydrogen-bond acceptors (Lipinski definition) is 4. The number of nitrogens with one attached hydrogen (secondary N) is 1. The molecule has 0 aliphatic heterocycles. The topological polar surface area (TPSA) is 92.7 Å². The zero-order valence-electron chi connectivity index (χ0n) is 8.07. The third-order valence-corrected chi connectivity index (χ3v) is 1.39. The van der Waals surface area contributed by atoms with E-state index in [1.54, 1.807) is 0 Å². The van der Waals surface area contributed by atoms with Gasteiger partial charge in [-0.05, 0) is 0 Å². The molecule has 6 nitrogen and oxygen atoms in total. The van der Waals surface area contributed by atoms with Gasteiger partial charge in [0.15, 0.2) is 0 Å². The molecular formula is C8H13NO5. The molecule has 6 heteroatoms. The number of rotatable bonds is 5. The third-order valence-electron chi connectivity index (χ3n) is 1.39. The van der Waals surface area contributed by atoms with Gasteiger partial charge in [-0.15, -0.1) is 0 Å². The van der Waals surface area contributed by atoms with E-state index in [-0.39, 0.29) is 13.0 Å². The van der Waals surface area contributed by atoms with E-state index in [0.29, 0.717) is 0 Å². The van der Waals surface area contributed by atoms with E-state index >= 15 is 0 Å². The maximum atomic E-state index is 10.6. The Balaban J connectivity index is 3.91. The van der Waals surface area contributed by atoms with Crippen LogP contribution in [0.25, 0.3) is 0 Å². The first kappa shape index (κ1) is 12.4. The summed E-state index contributed by atoms with van der Waals surface area (Å²) in [5.41, 5.74) is 0. The van der Waals surface area contributed by atoms with Crippen molar-refractivity contribution in [1.82, 2.24) is 5.32 Å². The molecule has 0 fully saturated rings. The van der Waals surface area contributed by atoms with Crippen molar-refractivity contribution in [2.45, 2.75) is 26.3 Å². The van der Waals surface area contributed by atoms with E-state index in [1.807, 2.05) is 0 Å². The molecule has 2 N–H and O–H groups in total. The molecule has 0 bridgehead atoms. The Hall–Kier alpha value is -1.59. The molecule has 0 heterocycles. The van der Waals surface area contributed by atoms with Crippen LogP contribution in [0.5, 0.6) is 0 Å². The SMILES string of the molecule is CC(=O)N[C@@H](CCOC(C)=O)C(=O)O. The quantitative estimate of drug-likeness (QED) is 0.589. The van der Waals surface area contributed by atoms with E-state index in [1.165, 1.54) is 13.8 Å². The molecule has 0 aliphatic carbocycles. The number of esters is 1. The predicted octanol–water partition coefficient (Wildman–Crippen LogP) is -0.471. The summed E-state index contributed by atoms with van der Waals surface area (Å²) in [5.74, 6) is -2.05. The van der Waals surface area contributed by atoms with Gasteiger partial charge in [-0.3, -0.25) is 9.59 Å². The van der Waals surface area contributed by atoms with Gasteiger partial charge in [0, 0.05) is 20.3 Å². The Labute approximate surface area is 81.2 Å². The summed E-state index contributed by atoms with van der Waals surface area (Å²) < 4.78 is 4.55. The van der Waals surface area contributed by atoms with Gasteiger partial charge in [-0.1, -0.05) is 0 Å². The second-order valence-corrected chi connectivity index (χ2v) is 2.72. The molecule has 14 heavy (non-hydrogen) atoms. The fourth-order valence-electron chi connectivity index (χ4n) is 0.823. The van der Waals surface area contributed by atoms with Crippen molar-refractivity contribution in [3.63, 3.8) is 0 Å². The Bertz CT molecular complexity index is 238. The largest absolute Gasteiger partial charge is 0.480 e. The molecule has 80 valence electrons. The van der Waals surface area contributed by atoms with Gasteiger partial charge in [0.25, 0.3) is 0 Å². The summed E-state index contributed by atoms with van der Waals surface area (Å²) in [6.45, 7) is 2.43. The number of hydrogen-bond donors (Lipinski definition) is 2. The van der Waals surface area contributed by atoms with Crippen molar-refractivity contribution < 1.29 is 24.2 Å². The van der Waals surface area contributed by atoms with Crippen LogP contribution in [0.4, 0.5) is 0 Å². The Morgan fingerprint density at radius 2 is 1.93 bits per heavy atom. The zero-order chi connectivity index (χ0) is 11.1. The van der Waals surface area contributed by atoms with Crippen LogP contribution in [0, 0.1) is 0 Å². The van der Waals surface area contributed by atoms with Gasteiger partial charge in [0.2, 0.25) is 5.91 Å². The minimum Gasteiger partial charge on any atom is -0.480 e. The lowest BCUT2D eigenvalue weighted by molar-refractivity contribution is -0.145. The average Bonchev–Trinajstić information content (AvgIpc) is 2.00. The number of amides is 1. The Morgan fingerprint density at radius 1 is 1.36 bits per heavy atom. The van der Waals surface area contributed by atoms with Crippen molar-refractivity contribution in [2.24, 2.45) is 0 Å². The van der Waals surface area contributed by atoms with Crippen LogP contribution in [-0.2, 0) is 19.1 Å². The lowest BCUT2D eigenvalue weighted by Crippen LogP contribution is -2.40. The van der Waals surface area contributed by atoms with E-state index < -0.39 is 23.9 Å². The molecule has 0 spiro atoms. The smallest absolute Gasteiger partial charge is 0.326 e. The molecule has 0 rings (SSSR count). The van der Waals surface area contributed by atoms with Gasteiger partial charge in [-0.2, -0.15) is 0 Å². The normalized spacial score (nSPS) is 11.6. The van der Waals surface area contributed by atoms with E-state index in [2.05, 4.69) is 10.1 Å². The third kappa shape index (κ3) is 5.99. The van der Waals surface area contributed by atoms with E-state index in [9.17, 15) is 14.4 Å². The second-order valence-electron chi connectivity index (χ2n) is 2.72. The van der Waals surface area contributed by atoms with Crippen LogP contribution in [0.1, 0.15) is 20.3 Å². The monoisotopic (exact) mass is 203 g/mol.